The number of carbonyl (C=O) groups excluding carboxylic acids is 1. The summed E-state index contributed by atoms with van der Waals surface area (Å²) in [5.41, 5.74) is 3.81. The number of amides is 1. The first-order valence-electron chi connectivity index (χ1n) is 12.5. The monoisotopic (exact) mass is 498 g/mol. The van der Waals surface area contributed by atoms with Crippen LogP contribution in [0, 0.1) is 0 Å². The molecule has 4 N–H and O–H groups in total. The molecule has 37 heavy (non-hydrogen) atoms. The Hall–Kier alpha value is -3.79. The number of aromatic hydroxyl groups is 2. The number of hydrogen-bond donors (Lipinski definition) is 4. The maximum absolute atomic E-state index is 13.4. The Bertz CT molecular complexity index is 1850. The Kier molecular flexibility index (Phi) is 3.88. The van der Waals surface area contributed by atoms with Gasteiger partial charge in [0, 0.05) is 47.7 Å². The molecule has 188 valence electrons. The number of para-hydroxylation sites is 1. The fourth-order valence-electron chi connectivity index (χ4n) is 7.44. The van der Waals surface area contributed by atoms with Gasteiger partial charge >= 0.3 is 0 Å². The summed E-state index contributed by atoms with van der Waals surface area (Å²) in [5, 5.41) is 31.6. The molecular weight excluding hydrogens is 472 g/mol. The van der Waals surface area contributed by atoms with Gasteiger partial charge in [0.1, 0.15) is 23.8 Å². The van der Waals surface area contributed by atoms with E-state index in [1.54, 1.807) is 25.3 Å². The van der Waals surface area contributed by atoms with Gasteiger partial charge in [-0.2, -0.15) is 0 Å². The number of nitrogens with one attached hydrogen (secondary N) is 2. The Morgan fingerprint density at radius 2 is 1.97 bits per heavy atom. The summed E-state index contributed by atoms with van der Waals surface area (Å²) < 4.78 is 17.4. The predicted octanol–water partition coefficient (Wildman–Crippen LogP) is 3.77. The van der Waals surface area contributed by atoms with Gasteiger partial charge in [0.2, 0.25) is 0 Å². The van der Waals surface area contributed by atoms with Crippen molar-refractivity contribution in [2.75, 3.05) is 14.2 Å². The van der Waals surface area contributed by atoms with Crippen LogP contribution in [0.25, 0.3) is 43.6 Å². The van der Waals surface area contributed by atoms with Gasteiger partial charge in [0.15, 0.2) is 5.72 Å². The normalized spacial score (nSPS) is 26.5. The molecule has 0 aliphatic carbocycles. The Balaban J connectivity index is 1.74. The molecule has 4 atom stereocenters. The first-order chi connectivity index (χ1) is 17.9. The third-order valence-electron chi connectivity index (χ3n) is 8.77. The summed E-state index contributed by atoms with van der Waals surface area (Å²) in [6.45, 7) is 2.40. The second-order valence-corrected chi connectivity index (χ2v) is 10.5. The van der Waals surface area contributed by atoms with E-state index in [4.69, 9.17) is 9.47 Å². The second kappa shape index (κ2) is 6.74. The molecule has 2 aromatic heterocycles. The molecule has 5 aromatic rings. The molecule has 5 heterocycles. The van der Waals surface area contributed by atoms with E-state index in [1.807, 2.05) is 32.2 Å². The highest BCUT2D eigenvalue weighted by Gasteiger charge is 2.53. The number of ether oxygens (including phenoxy) is 2. The molecule has 3 aliphatic heterocycles. The number of fused-ring (bicyclic) bond motifs is 13. The van der Waals surface area contributed by atoms with Gasteiger partial charge in [-0.1, -0.05) is 12.1 Å². The van der Waals surface area contributed by atoms with Gasteiger partial charge in [0.05, 0.1) is 27.6 Å². The van der Waals surface area contributed by atoms with Crippen LogP contribution in [0.15, 0.2) is 36.4 Å². The summed E-state index contributed by atoms with van der Waals surface area (Å²) in [5.74, 6) is 0.136. The quantitative estimate of drug-likeness (QED) is 0.295. The standard InChI is InChI=1S/C28H26N4O5/c1-28-26(36-3)16(29-2)10-19(37-28)31-17-8-7-12(33)9-14(17)21-22-15(11-30-27(22)35)20-13-5-4-6-18(34)23(13)32(28)25(20)24(21)31/h4-9,16,19,26,29,33-34H,10-11H2,1-3H3,(H,30,35). The van der Waals surface area contributed by atoms with Crippen molar-refractivity contribution in [2.24, 2.45) is 0 Å². The fraction of sp³-hybridized carbons (Fsp3) is 0.321. The minimum atomic E-state index is -0.982. The lowest BCUT2D eigenvalue weighted by Crippen LogP contribution is -2.59. The van der Waals surface area contributed by atoms with Crippen molar-refractivity contribution in [3.05, 3.63) is 47.5 Å². The van der Waals surface area contributed by atoms with E-state index in [1.165, 1.54) is 0 Å². The molecule has 0 spiro atoms. The molecule has 2 bridgehead atoms. The number of nitrogens with zero attached hydrogens (tertiary/aromatic N) is 2. The summed E-state index contributed by atoms with van der Waals surface area (Å²) >= 11 is 0. The zero-order valence-corrected chi connectivity index (χ0v) is 20.6. The molecule has 1 saturated heterocycles. The van der Waals surface area contributed by atoms with Gasteiger partial charge in [-0.25, -0.2) is 0 Å². The molecular formula is C28H26N4O5. The highest BCUT2D eigenvalue weighted by molar-refractivity contribution is 6.31. The summed E-state index contributed by atoms with van der Waals surface area (Å²) in [6, 6.07) is 10.7. The summed E-state index contributed by atoms with van der Waals surface area (Å²) in [6.07, 6.45) is -0.121. The topological polar surface area (TPSA) is 110 Å². The lowest BCUT2D eigenvalue weighted by Gasteiger charge is -2.48. The fourth-order valence-corrected chi connectivity index (χ4v) is 7.44. The van der Waals surface area contributed by atoms with Crippen LogP contribution in [0.2, 0.25) is 0 Å². The van der Waals surface area contributed by atoms with E-state index >= 15 is 0 Å². The number of phenols is 2. The van der Waals surface area contributed by atoms with Crippen molar-refractivity contribution < 1.29 is 24.5 Å². The molecule has 9 nitrogen and oxygen atoms in total. The Morgan fingerprint density at radius 3 is 2.76 bits per heavy atom. The number of carbonyl (C=O) groups is 1. The molecule has 1 fully saturated rings. The number of likely N-dealkylation sites (N-methyl/N-ethyl adjacent to an activating group) is 1. The van der Waals surface area contributed by atoms with Crippen LogP contribution in [0.4, 0.5) is 0 Å². The third-order valence-corrected chi connectivity index (χ3v) is 8.77. The maximum Gasteiger partial charge on any atom is 0.252 e. The van der Waals surface area contributed by atoms with Crippen LogP contribution in [0.3, 0.4) is 0 Å². The van der Waals surface area contributed by atoms with E-state index in [9.17, 15) is 15.0 Å². The number of methoxy groups -OCH3 is 1. The van der Waals surface area contributed by atoms with Crippen molar-refractivity contribution in [2.45, 2.75) is 44.0 Å². The third kappa shape index (κ3) is 2.29. The minimum absolute atomic E-state index is 0.0545. The highest BCUT2D eigenvalue weighted by Crippen LogP contribution is 2.54. The van der Waals surface area contributed by atoms with E-state index in [2.05, 4.69) is 19.8 Å². The molecule has 4 unspecified atom stereocenters. The second-order valence-electron chi connectivity index (χ2n) is 10.5. The smallest absolute Gasteiger partial charge is 0.252 e. The average molecular weight is 499 g/mol. The van der Waals surface area contributed by atoms with Gasteiger partial charge in [0.25, 0.3) is 5.91 Å². The molecule has 8 rings (SSSR count). The van der Waals surface area contributed by atoms with Crippen molar-refractivity contribution in [1.29, 1.82) is 0 Å². The van der Waals surface area contributed by atoms with Gasteiger partial charge in [-0.15, -0.1) is 0 Å². The van der Waals surface area contributed by atoms with Crippen LogP contribution in [0.5, 0.6) is 11.5 Å². The Morgan fingerprint density at radius 1 is 1.14 bits per heavy atom. The number of aromatic nitrogens is 2. The number of phenolic OH excluding ortho intramolecular Hbond substituents is 2. The molecule has 1 amide bonds. The van der Waals surface area contributed by atoms with Crippen molar-refractivity contribution in [3.63, 3.8) is 0 Å². The molecule has 3 aromatic carbocycles. The zero-order chi connectivity index (χ0) is 25.4. The SMILES string of the molecule is CNC1CC2OC(C)(C1OC)n1c3c(O)cccc3c3c4c(c5c6cc(O)ccc6n2c5c31)C(=O)NC4. The van der Waals surface area contributed by atoms with E-state index in [0.29, 0.717) is 24.0 Å². The van der Waals surface area contributed by atoms with Crippen molar-refractivity contribution >= 4 is 49.5 Å². The number of benzene rings is 3. The number of hydrogen-bond acceptors (Lipinski definition) is 6. The highest BCUT2D eigenvalue weighted by atomic mass is 16.6. The molecule has 0 saturated carbocycles. The number of rotatable bonds is 2. The lowest BCUT2D eigenvalue weighted by atomic mass is 9.93. The van der Waals surface area contributed by atoms with E-state index in [0.717, 1.165) is 43.7 Å². The van der Waals surface area contributed by atoms with Crippen LogP contribution in [-0.2, 0) is 21.7 Å². The van der Waals surface area contributed by atoms with Crippen LogP contribution in [-0.4, -0.2) is 51.6 Å². The van der Waals surface area contributed by atoms with E-state index < -0.39 is 5.72 Å². The lowest BCUT2D eigenvalue weighted by molar-refractivity contribution is -0.256. The van der Waals surface area contributed by atoms with Gasteiger partial charge in [-0.05, 0) is 43.8 Å². The van der Waals surface area contributed by atoms with Gasteiger partial charge in [-0.3, -0.25) is 4.79 Å². The first-order valence-corrected chi connectivity index (χ1v) is 12.5. The maximum atomic E-state index is 13.4. The molecule has 0 radical (unpaired) electrons. The predicted molar refractivity (Wildman–Crippen MR) is 139 cm³/mol. The van der Waals surface area contributed by atoms with Crippen molar-refractivity contribution in [3.8, 4) is 11.5 Å². The average Bonchev–Trinajstić information content (AvgIpc) is 3.52. The minimum Gasteiger partial charge on any atom is -0.508 e. The van der Waals surface area contributed by atoms with Crippen LogP contribution < -0.4 is 10.6 Å². The van der Waals surface area contributed by atoms with Crippen LogP contribution >= 0.6 is 0 Å². The Labute approximate surface area is 211 Å². The first kappa shape index (κ1) is 21.3. The van der Waals surface area contributed by atoms with Crippen LogP contribution in [0.1, 0.15) is 35.5 Å². The van der Waals surface area contributed by atoms with Crippen molar-refractivity contribution in [1.82, 2.24) is 19.8 Å². The van der Waals surface area contributed by atoms with Gasteiger partial charge < -0.3 is 39.5 Å². The summed E-state index contributed by atoms with van der Waals surface area (Å²) in [7, 11) is 3.61. The van der Waals surface area contributed by atoms with E-state index in [-0.39, 0.29) is 35.8 Å². The molecule has 9 heteroatoms. The zero-order valence-electron chi connectivity index (χ0n) is 20.6. The summed E-state index contributed by atoms with van der Waals surface area (Å²) in [4.78, 5) is 13.4. The largest absolute Gasteiger partial charge is 0.508 e. The molecule has 3 aliphatic rings.